The molecule has 23 heavy (non-hydrogen) atoms. The van der Waals surface area contributed by atoms with Crippen molar-refractivity contribution in [1.82, 2.24) is 4.98 Å². The Hall–Kier alpha value is -1.68. The molecule has 3 nitrogen and oxygen atoms in total. The van der Waals surface area contributed by atoms with Gasteiger partial charge < -0.3 is 10.1 Å². The quantitative estimate of drug-likeness (QED) is 0.880. The Morgan fingerprint density at radius 2 is 2.09 bits per heavy atom. The minimum absolute atomic E-state index is 0.0824. The molecule has 1 aromatic carbocycles. The maximum atomic E-state index is 13.7. The summed E-state index contributed by atoms with van der Waals surface area (Å²) in [6.45, 7) is 2.80. The van der Waals surface area contributed by atoms with Crippen molar-refractivity contribution in [3.63, 3.8) is 0 Å². The Labute approximate surface area is 136 Å². The molecule has 1 spiro atoms. The van der Waals surface area contributed by atoms with E-state index in [4.69, 9.17) is 4.74 Å². The standard InChI is InChI=1S/C19H23FN2O/c1-13-10-18(16-11-14(20)4-5-17(16)21-13)22-15-6-9-23-19(12-15)7-2-3-8-19/h4-5,10-11,15H,2-3,6-9,12H2,1H3,(H,21,22). The van der Waals surface area contributed by atoms with Crippen LogP contribution in [0.25, 0.3) is 10.9 Å². The largest absolute Gasteiger partial charge is 0.382 e. The van der Waals surface area contributed by atoms with Gasteiger partial charge in [0.05, 0.1) is 11.1 Å². The molecule has 0 radical (unpaired) electrons. The van der Waals surface area contributed by atoms with Crippen LogP contribution in [0.2, 0.25) is 0 Å². The maximum Gasteiger partial charge on any atom is 0.124 e. The molecule has 1 saturated heterocycles. The molecular weight excluding hydrogens is 291 g/mol. The van der Waals surface area contributed by atoms with Crippen molar-refractivity contribution in [3.05, 3.63) is 35.8 Å². The van der Waals surface area contributed by atoms with Crippen LogP contribution in [-0.2, 0) is 4.74 Å². The molecule has 0 amide bonds. The van der Waals surface area contributed by atoms with Crippen molar-refractivity contribution in [3.8, 4) is 0 Å². The lowest BCUT2D eigenvalue weighted by molar-refractivity contribution is -0.0766. The lowest BCUT2D eigenvalue weighted by atomic mass is 9.88. The molecule has 0 bridgehead atoms. The third kappa shape index (κ3) is 2.92. The second-order valence-corrected chi connectivity index (χ2v) is 7.05. The van der Waals surface area contributed by atoms with Crippen LogP contribution < -0.4 is 5.32 Å². The molecule has 2 heterocycles. The molecule has 1 saturated carbocycles. The van der Waals surface area contributed by atoms with Crippen LogP contribution in [-0.4, -0.2) is 23.2 Å². The van der Waals surface area contributed by atoms with E-state index in [2.05, 4.69) is 10.3 Å². The Balaban J connectivity index is 1.63. The lowest BCUT2D eigenvalue weighted by Crippen LogP contribution is -2.42. The van der Waals surface area contributed by atoms with Crippen LogP contribution in [0.5, 0.6) is 0 Å². The van der Waals surface area contributed by atoms with E-state index in [-0.39, 0.29) is 11.4 Å². The number of hydrogen-bond acceptors (Lipinski definition) is 3. The van der Waals surface area contributed by atoms with E-state index < -0.39 is 0 Å². The first-order chi connectivity index (χ1) is 11.1. The fourth-order valence-electron chi connectivity index (χ4n) is 4.19. The van der Waals surface area contributed by atoms with E-state index in [1.807, 2.05) is 13.0 Å². The van der Waals surface area contributed by atoms with Gasteiger partial charge in [-0.1, -0.05) is 12.8 Å². The topological polar surface area (TPSA) is 34.1 Å². The molecule has 1 aliphatic heterocycles. The highest BCUT2D eigenvalue weighted by Gasteiger charge is 2.39. The Morgan fingerprint density at radius 3 is 2.91 bits per heavy atom. The van der Waals surface area contributed by atoms with Crippen molar-refractivity contribution in [2.24, 2.45) is 0 Å². The highest BCUT2D eigenvalue weighted by molar-refractivity contribution is 5.91. The minimum Gasteiger partial charge on any atom is -0.382 e. The number of rotatable bonds is 2. The monoisotopic (exact) mass is 314 g/mol. The zero-order chi connectivity index (χ0) is 15.9. The molecule has 1 N–H and O–H groups in total. The summed E-state index contributed by atoms with van der Waals surface area (Å²) in [6, 6.07) is 7.22. The number of nitrogens with zero attached hydrogens (tertiary/aromatic N) is 1. The van der Waals surface area contributed by atoms with E-state index in [1.54, 1.807) is 12.1 Å². The van der Waals surface area contributed by atoms with Crippen LogP contribution in [0, 0.1) is 12.7 Å². The third-order valence-corrected chi connectivity index (χ3v) is 5.27. The van der Waals surface area contributed by atoms with Gasteiger partial charge in [0.15, 0.2) is 0 Å². The van der Waals surface area contributed by atoms with Gasteiger partial charge in [-0.3, -0.25) is 4.98 Å². The SMILES string of the molecule is Cc1cc(NC2CCOC3(CCCC3)C2)c2cc(F)ccc2n1. The number of fused-ring (bicyclic) bond motifs is 1. The van der Waals surface area contributed by atoms with Crippen molar-refractivity contribution in [2.75, 3.05) is 11.9 Å². The fraction of sp³-hybridized carbons (Fsp3) is 0.526. The molecule has 2 aliphatic rings. The summed E-state index contributed by atoms with van der Waals surface area (Å²) >= 11 is 0. The van der Waals surface area contributed by atoms with E-state index in [1.165, 1.54) is 31.7 Å². The van der Waals surface area contributed by atoms with E-state index >= 15 is 0 Å². The van der Waals surface area contributed by atoms with Crippen LogP contribution in [0.3, 0.4) is 0 Å². The molecule has 1 unspecified atom stereocenters. The number of anilines is 1. The number of aryl methyl sites for hydroxylation is 1. The van der Waals surface area contributed by atoms with Gasteiger partial charge in [0.25, 0.3) is 0 Å². The van der Waals surface area contributed by atoms with E-state index in [0.29, 0.717) is 6.04 Å². The first kappa shape index (κ1) is 14.9. The summed E-state index contributed by atoms with van der Waals surface area (Å²) < 4.78 is 19.8. The first-order valence-corrected chi connectivity index (χ1v) is 8.61. The van der Waals surface area contributed by atoms with Gasteiger partial charge in [-0.15, -0.1) is 0 Å². The third-order valence-electron chi connectivity index (χ3n) is 5.27. The summed E-state index contributed by atoms with van der Waals surface area (Å²) in [5.41, 5.74) is 2.87. The number of nitrogens with one attached hydrogen (secondary N) is 1. The lowest BCUT2D eigenvalue weighted by Gasteiger charge is -2.39. The average molecular weight is 314 g/mol. The Bertz CT molecular complexity index is 725. The maximum absolute atomic E-state index is 13.7. The predicted molar refractivity (Wildman–Crippen MR) is 90.2 cm³/mol. The zero-order valence-electron chi connectivity index (χ0n) is 13.6. The minimum atomic E-state index is -0.217. The van der Waals surface area contributed by atoms with Crippen molar-refractivity contribution in [1.29, 1.82) is 0 Å². The molecule has 2 fully saturated rings. The average Bonchev–Trinajstić information content (AvgIpc) is 2.96. The second kappa shape index (κ2) is 5.75. The predicted octanol–water partition coefficient (Wildman–Crippen LogP) is 4.59. The number of hydrogen-bond donors (Lipinski definition) is 1. The second-order valence-electron chi connectivity index (χ2n) is 7.05. The van der Waals surface area contributed by atoms with Gasteiger partial charge in [0.2, 0.25) is 0 Å². The molecule has 1 aromatic heterocycles. The van der Waals surface area contributed by atoms with Gasteiger partial charge in [0.1, 0.15) is 5.82 Å². The molecule has 4 heteroatoms. The number of halogens is 1. The van der Waals surface area contributed by atoms with Crippen LogP contribution in [0.1, 0.15) is 44.2 Å². The first-order valence-electron chi connectivity index (χ1n) is 8.61. The number of benzene rings is 1. The van der Waals surface area contributed by atoms with Crippen molar-refractivity contribution in [2.45, 2.75) is 57.1 Å². The van der Waals surface area contributed by atoms with Crippen LogP contribution >= 0.6 is 0 Å². The van der Waals surface area contributed by atoms with Gasteiger partial charge in [-0.2, -0.15) is 0 Å². The normalized spacial score (nSPS) is 23.5. The molecule has 1 atom stereocenters. The van der Waals surface area contributed by atoms with Gasteiger partial charge in [-0.05, 0) is 56.9 Å². The molecule has 2 aromatic rings. The van der Waals surface area contributed by atoms with E-state index in [9.17, 15) is 4.39 Å². The molecule has 1 aliphatic carbocycles. The number of ether oxygens (including phenoxy) is 1. The summed E-state index contributed by atoms with van der Waals surface area (Å²) in [5, 5.41) is 4.52. The highest BCUT2D eigenvalue weighted by atomic mass is 19.1. The van der Waals surface area contributed by atoms with Gasteiger partial charge in [-0.25, -0.2) is 4.39 Å². The summed E-state index contributed by atoms with van der Waals surface area (Å²) in [6.07, 6.45) is 6.95. The fourth-order valence-corrected chi connectivity index (χ4v) is 4.19. The summed E-state index contributed by atoms with van der Waals surface area (Å²) in [5.74, 6) is -0.217. The van der Waals surface area contributed by atoms with Gasteiger partial charge >= 0.3 is 0 Å². The van der Waals surface area contributed by atoms with Crippen molar-refractivity contribution < 1.29 is 9.13 Å². The molecule has 122 valence electrons. The summed E-state index contributed by atoms with van der Waals surface area (Å²) in [4.78, 5) is 4.51. The molecule has 4 rings (SSSR count). The Kier molecular flexibility index (Phi) is 3.72. The number of aromatic nitrogens is 1. The molecular formula is C19H23FN2O. The smallest absolute Gasteiger partial charge is 0.124 e. The highest BCUT2D eigenvalue weighted by Crippen LogP contribution is 2.41. The number of pyridine rings is 1. The van der Waals surface area contributed by atoms with E-state index in [0.717, 1.165) is 41.7 Å². The van der Waals surface area contributed by atoms with Crippen LogP contribution in [0.15, 0.2) is 24.3 Å². The Morgan fingerprint density at radius 1 is 1.26 bits per heavy atom. The van der Waals surface area contributed by atoms with Crippen molar-refractivity contribution >= 4 is 16.6 Å². The van der Waals surface area contributed by atoms with Crippen LogP contribution in [0.4, 0.5) is 10.1 Å². The van der Waals surface area contributed by atoms with Gasteiger partial charge in [0, 0.05) is 29.4 Å². The zero-order valence-corrected chi connectivity index (χ0v) is 13.6. The summed E-state index contributed by atoms with van der Waals surface area (Å²) in [7, 11) is 0.